The molecule has 2 aliphatic rings. The van der Waals surface area contributed by atoms with Crippen molar-refractivity contribution in [1.82, 2.24) is 9.97 Å². The molecular weight excluding hydrogens is 484 g/mol. The molecule has 0 bridgehead atoms. The molecular formula is C38H34N2. The number of hydrogen-bond donors (Lipinski definition) is 0. The van der Waals surface area contributed by atoms with Gasteiger partial charge in [-0.3, -0.25) is 4.98 Å². The van der Waals surface area contributed by atoms with Gasteiger partial charge >= 0.3 is 0 Å². The molecule has 1 atom stereocenters. The lowest BCUT2D eigenvalue weighted by Crippen LogP contribution is -2.38. The molecule has 2 aromatic heterocycles. The van der Waals surface area contributed by atoms with Crippen LogP contribution in [0.3, 0.4) is 0 Å². The van der Waals surface area contributed by atoms with Gasteiger partial charge in [0.05, 0.1) is 17.1 Å². The van der Waals surface area contributed by atoms with Crippen molar-refractivity contribution in [2.24, 2.45) is 5.92 Å². The number of rotatable bonds is 6. The number of pyridine rings is 2. The van der Waals surface area contributed by atoms with Crippen LogP contribution in [0.25, 0.3) is 33.8 Å². The first-order chi connectivity index (χ1) is 19.7. The minimum Gasteiger partial charge on any atom is -0.255 e. The van der Waals surface area contributed by atoms with Gasteiger partial charge in [0, 0.05) is 17.7 Å². The zero-order valence-corrected chi connectivity index (χ0v) is 23.4. The zero-order chi connectivity index (χ0) is 27.5. The van der Waals surface area contributed by atoms with Crippen LogP contribution < -0.4 is 10.4 Å². The topological polar surface area (TPSA) is 25.8 Å². The normalized spacial score (nSPS) is 16.9. The van der Waals surface area contributed by atoms with E-state index >= 15 is 0 Å². The number of fused-ring (bicyclic) bond motifs is 2. The molecule has 6 rings (SSSR count). The van der Waals surface area contributed by atoms with Gasteiger partial charge in [0.2, 0.25) is 0 Å². The van der Waals surface area contributed by atoms with Crippen molar-refractivity contribution in [3.8, 4) is 22.6 Å². The minimum absolute atomic E-state index is 0.326. The molecule has 0 amide bonds. The number of hydrogen-bond acceptors (Lipinski definition) is 2. The Morgan fingerprint density at radius 1 is 0.825 bits per heavy atom. The molecule has 4 aromatic rings. The maximum Gasteiger partial charge on any atom is 0.0893 e. The SMILES string of the molecule is C/C=C(C)\C=C(/CC)C1=c2ccccc2=C(c2ccc(-c3cccc(-c4ccccn4)n3)cc2)C2CC=CC=C12. The van der Waals surface area contributed by atoms with Crippen molar-refractivity contribution in [3.05, 3.63) is 154 Å². The van der Waals surface area contributed by atoms with Gasteiger partial charge in [-0.2, -0.15) is 0 Å². The van der Waals surface area contributed by atoms with E-state index in [4.69, 9.17) is 4.98 Å². The first-order valence-corrected chi connectivity index (χ1v) is 14.2. The van der Waals surface area contributed by atoms with Crippen LogP contribution in [-0.2, 0) is 0 Å². The fourth-order valence-electron chi connectivity index (χ4n) is 5.94. The molecule has 2 heteroatoms. The van der Waals surface area contributed by atoms with Crippen molar-refractivity contribution in [3.63, 3.8) is 0 Å². The van der Waals surface area contributed by atoms with Gasteiger partial charge in [0.25, 0.3) is 0 Å². The number of benzene rings is 2. The maximum atomic E-state index is 4.92. The summed E-state index contributed by atoms with van der Waals surface area (Å²) in [7, 11) is 0. The molecule has 1 unspecified atom stereocenters. The highest BCUT2D eigenvalue weighted by Gasteiger charge is 2.29. The highest BCUT2D eigenvalue weighted by Crippen LogP contribution is 2.41. The van der Waals surface area contributed by atoms with Gasteiger partial charge in [-0.25, -0.2) is 4.98 Å². The van der Waals surface area contributed by atoms with Crippen LogP contribution in [-0.4, -0.2) is 9.97 Å². The molecule has 40 heavy (non-hydrogen) atoms. The van der Waals surface area contributed by atoms with Crippen LogP contribution >= 0.6 is 0 Å². The summed E-state index contributed by atoms with van der Waals surface area (Å²) < 4.78 is 0. The molecule has 2 heterocycles. The minimum atomic E-state index is 0.326. The van der Waals surface area contributed by atoms with Crippen LogP contribution in [0.4, 0.5) is 0 Å². The van der Waals surface area contributed by atoms with E-state index in [1.165, 1.54) is 43.9 Å². The second-order valence-electron chi connectivity index (χ2n) is 10.4. The van der Waals surface area contributed by atoms with Crippen molar-refractivity contribution in [2.75, 3.05) is 0 Å². The van der Waals surface area contributed by atoms with Gasteiger partial charge in [0.15, 0.2) is 0 Å². The summed E-state index contributed by atoms with van der Waals surface area (Å²) in [5.41, 5.74) is 12.1. The lowest BCUT2D eigenvalue weighted by Gasteiger charge is -2.32. The van der Waals surface area contributed by atoms with Crippen molar-refractivity contribution < 1.29 is 0 Å². The summed E-state index contributed by atoms with van der Waals surface area (Å²) >= 11 is 0. The zero-order valence-electron chi connectivity index (χ0n) is 23.4. The summed E-state index contributed by atoms with van der Waals surface area (Å²) in [6, 6.07) is 30.0. The van der Waals surface area contributed by atoms with E-state index in [2.05, 4.69) is 117 Å². The maximum absolute atomic E-state index is 4.92. The third kappa shape index (κ3) is 4.82. The molecule has 2 aromatic carbocycles. The van der Waals surface area contributed by atoms with Crippen LogP contribution in [0.15, 0.2) is 138 Å². The van der Waals surface area contributed by atoms with Gasteiger partial charge in [-0.1, -0.05) is 104 Å². The second-order valence-corrected chi connectivity index (χ2v) is 10.4. The van der Waals surface area contributed by atoms with Crippen LogP contribution in [0.2, 0.25) is 0 Å². The fraction of sp³-hybridized carbons (Fsp3) is 0.158. The summed E-state index contributed by atoms with van der Waals surface area (Å²) in [4.78, 5) is 9.40. The molecule has 0 fully saturated rings. The van der Waals surface area contributed by atoms with Crippen LogP contribution in [0.5, 0.6) is 0 Å². The van der Waals surface area contributed by atoms with E-state index in [0.717, 1.165) is 35.5 Å². The molecule has 2 nitrogen and oxygen atoms in total. The third-order valence-corrected chi connectivity index (χ3v) is 8.01. The average Bonchev–Trinajstić information content (AvgIpc) is 3.03. The summed E-state index contributed by atoms with van der Waals surface area (Å²) in [6.07, 6.45) is 15.3. The second kappa shape index (κ2) is 11.3. The summed E-state index contributed by atoms with van der Waals surface area (Å²) in [5, 5.41) is 2.68. The molecule has 0 spiro atoms. The van der Waals surface area contributed by atoms with Gasteiger partial charge < -0.3 is 0 Å². The molecule has 196 valence electrons. The summed E-state index contributed by atoms with van der Waals surface area (Å²) in [6.45, 7) is 6.58. The quantitative estimate of drug-likeness (QED) is 0.242. The molecule has 0 N–H and O–H groups in total. The predicted molar refractivity (Wildman–Crippen MR) is 168 cm³/mol. The standard InChI is InChI=1S/C38H34N2/c1-4-26(3)25-27(5-2)37-30-13-6-8-15-32(30)38(33-16-9-7-14-31(33)37)29-22-20-28(21-23-29)34-18-12-19-36(40-34)35-17-10-11-24-39-35/h4,6-15,17-25,33H,5,16H2,1-3H3/b26-4-,27-25+. The van der Waals surface area contributed by atoms with Gasteiger partial charge in [0.1, 0.15) is 0 Å². The molecule has 2 aliphatic carbocycles. The molecule has 0 radical (unpaired) electrons. The van der Waals surface area contributed by atoms with Gasteiger partial charge in [-0.15, -0.1) is 0 Å². The lowest BCUT2D eigenvalue weighted by atomic mass is 9.72. The number of allylic oxidation sites excluding steroid dienone is 8. The third-order valence-electron chi connectivity index (χ3n) is 8.01. The largest absolute Gasteiger partial charge is 0.255 e. The molecule has 0 aliphatic heterocycles. The van der Waals surface area contributed by atoms with E-state index in [0.29, 0.717) is 5.92 Å². The van der Waals surface area contributed by atoms with Crippen LogP contribution in [0.1, 0.15) is 39.2 Å². The Morgan fingerprint density at radius 3 is 2.30 bits per heavy atom. The average molecular weight is 519 g/mol. The molecule has 0 saturated heterocycles. The smallest absolute Gasteiger partial charge is 0.0893 e. The van der Waals surface area contributed by atoms with E-state index in [1.54, 1.807) is 0 Å². The summed E-state index contributed by atoms with van der Waals surface area (Å²) in [5.74, 6) is 0.326. The Kier molecular flexibility index (Phi) is 7.25. The number of aromatic nitrogens is 2. The van der Waals surface area contributed by atoms with Crippen molar-refractivity contribution in [2.45, 2.75) is 33.6 Å². The van der Waals surface area contributed by atoms with E-state index in [-0.39, 0.29) is 0 Å². The monoisotopic (exact) mass is 518 g/mol. The van der Waals surface area contributed by atoms with Crippen LogP contribution in [0, 0.1) is 5.92 Å². The van der Waals surface area contributed by atoms with E-state index in [9.17, 15) is 0 Å². The molecule has 0 saturated carbocycles. The van der Waals surface area contributed by atoms with Crippen molar-refractivity contribution >= 4 is 11.1 Å². The first-order valence-electron chi connectivity index (χ1n) is 14.2. The fourth-order valence-corrected chi connectivity index (χ4v) is 5.94. The van der Waals surface area contributed by atoms with Gasteiger partial charge in [-0.05, 0) is 89.2 Å². The Labute approximate surface area is 237 Å². The van der Waals surface area contributed by atoms with Crippen molar-refractivity contribution in [1.29, 1.82) is 0 Å². The number of nitrogens with zero attached hydrogens (tertiary/aromatic N) is 2. The Morgan fingerprint density at radius 2 is 1.55 bits per heavy atom. The lowest BCUT2D eigenvalue weighted by molar-refractivity contribution is 0.795. The Balaban J connectivity index is 1.50. The predicted octanol–water partition coefficient (Wildman–Crippen LogP) is 7.98. The Bertz CT molecular complexity index is 1800. The highest BCUT2D eigenvalue weighted by molar-refractivity contribution is 5.88. The van der Waals surface area contributed by atoms with E-state index < -0.39 is 0 Å². The highest BCUT2D eigenvalue weighted by atomic mass is 14.8. The van der Waals surface area contributed by atoms with E-state index in [1.807, 2.05) is 30.5 Å². The first kappa shape index (κ1) is 25.7. The Hall–Kier alpha value is -4.56.